The molecule has 0 bridgehead atoms. The molecule has 0 amide bonds. The normalized spacial score (nSPS) is 10.8. The molecule has 0 atom stereocenters. The van der Waals surface area contributed by atoms with Crippen LogP contribution in [0.15, 0.2) is 24.4 Å². The Balaban J connectivity index is 2.02. The number of rotatable bonds is 6. The summed E-state index contributed by atoms with van der Waals surface area (Å²) in [7, 11) is 0. The minimum Gasteiger partial charge on any atom is -0.313 e. The van der Waals surface area contributed by atoms with Crippen molar-refractivity contribution >= 4 is 16.5 Å². The van der Waals surface area contributed by atoms with Gasteiger partial charge >= 0.3 is 0 Å². The van der Waals surface area contributed by atoms with E-state index in [2.05, 4.69) is 31.8 Å². The molecule has 0 fully saturated rings. The van der Waals surface area contributed by atoms with Crippen LogP contribution in [-0.2, 0) is 13.1 Å². The molecule has 3 N–H and O–H groups in total. The Bertz CT molecular complexity index is 471. The van der Waals surface area contributed by atoms with Crippen molar-refractivity contribution in [3.05, 3.63) is 35.8 Å². The van der Waals surface area contributed by atoms with Gasteiger partial charge in [0.15, 0.2) is 0 Å². The Morgan fingerprint density at radius 3 is 2.94 bits per heavy atom. The molecule has 2 heterocycles. The zero-order valence-corrected chi connectivity index (χ0v) is 11.0. The number of nitrogens with one attached hydrogen (secondary N) is 1. The summed E-state index contributed by atoms with van der Waals surface area (Å²) in [6, 6.07) is 5.93. The van der Waals surface area contributed by atoms with Crippen LogP contribution < -0.4 is 11.3 Å². The number of anilines is 1. The summed E-state index contributed by atoms with van der Waals surface area (Å²) in [6.07, 6.45) is 1.81. The summed E-state index contributed by atoms with van der Waals surface area (Å²) in [6.45, 7) is 4.53. The molecule has 6 nitrogen and oxygen atoms in total. The third kappa shape index (κ3) is 3.22. The van der Waals surface area contributed by atoms with Gasteiger partial charge in [-0.25, -0.2) is 5.84 Å². The van der Waals surface area contributed by atoms with Crippen LogP contribution in [0.3, 0.4) is 0 Å². The van der Waals surface area contributed by atoms with Crippen LogP contribution >= 0.6 is 11.5 Å². The molecule has 0 saturated heterocycles. The van der Waals surface area contributed by atoms with E-state index in [1.807, 2.05) is 18.2 Å². The molecule has 7 heteroatoms. The number of nitrogens with two attached hydrogens (primary N) is 1. The van der Waals surface area contributed by atoms with Crippen LogP contribution in [-0.4, -0.2) is 26.0 Å². The Morgan fingerprint density at radius 2 is 2.28 bits per heavy atom. The van der Waals surface area contributed by atoms with Crippen molar-refractivity contribution in [2.45, 2.75) is 20.0 Å². The van der Waals surface area contributed by atoms with Gasteiger partial charge in [-0.2, -0.15) is 0 Å². The Labute approximate surface area is 110 Å². The van der Waals surface area contributed by atoms with Crippen LogP contribution in [0.2, 0.25) is 0 Å². The maximum Gasteiger partial charge on any atom is 0.148 e. The predicted molar refractivity (Wildman–Crippen MR) is 71.7 cm³/mol. The van der Waals surface area contributed by atoms with Crippen molar-refractivity contribution in [2.75, 3.05) is 12.0 Å². The molecular formula is C11H16N6S. The summed E-state index contributed by atoms with van der Waals surface area (Å²) in [5.74, 6) is 5.41. The molecule has 0 aliphatic rings. The number of nitrogen functional groups attached to an aromatic ring is 1. The van der Waals surface area contributed by atoms with Gasteiger partial charge < -0.3 is 5.43 Å². The quantitative estimate of drug-likeness (QED) is 0.603. The molecule has 0 spiro atoms. The van der Waals surface area contributed by atoms with E-state index in [0.29, 0.717) is 6.54 Å². The molecular weight excluding hydrogens is 248 g/mol. The molecule has 0 aromatic carbocycles. The van der Waals surface area contributed by atoms with Crippen LogP contribution in [0.1, 0.15) is 18.3 Å². The molecule has 18 heavy (non-hydrogen) atoms. The largest absolute Gasteiger partial charge is 0.313 e. The van der Waals surface area contributed by atoms with Crippen LogP contribution in [0, 0.1) is 0 Å². The lowest BCUT2D eigenvalue weighted by Gasteiger charge is -2.18. The number of aromatic nitrogens is 3. The molecule has 0 radical (unpaired) electrons. The first-order valence-electron chi connectivity index (χ1n) is 5.73. The molecule has 2 aromatic rings. The molecule has 2 aromatic heterocycles. The molecule has 2 rings (SSSR count). The van der Waals surface area contributed by atoms with E-state index in [0.717, 1.165) is 29.5 Å². The van der Waals surface area contributed by atoms with E-state index >= 15 is 0 Å². The Hall–Kier alpha value is -1.57. The Kier molecular flexibility index (Phi) is 4.57. The summed E-state index contributed by atoms with van der Waals surface area (Å²) in [4.78, 5) is 6.56. The predicted octanol–water partition coefficient (Wildman–Crippen LogP) is 1.24. The molecule has 0 unspecified atom stereocenters. The summed E-state index contributed by atoms with van der Waals surface area (Å²) >= 11 is 1.27. The van der Waals surface area contributed by atoms with E-state index in [4.69, 9.17) is 5.84 Å². The molecule has 0 saturated carbocycles. The van der Waals surface area contributed by atoms with Crippen LogP contribution in [0.25, 0.3) is 0 Å². The summed E-state index contributed by atoms with van der Waals surface area (Å²) in [5.41, 5.74) is 4.54. The molecule has 0 aliphatic heterocycles. The third-order valence-corrected chi connectivity index (χ3v) is 3.32. The second-order valence-electron chi connectivity index (χ2n) is 3.82. The fourth-order valence-corrected chi connectivity index (χ4v) is 2.12. The van der Waals surface area contributed by atoms with Crippen molar-refractivity contribution in [2.24, 2.45) is 5.84 Å². The van der Waals surface area contributed by atoms with Gasteiger partial charge in [0.2, 0.25) is 0 Å². The minimum absolute atomic E-state index is 0.711. The van der Waals surface area contributed by atoms with E-state index in [9.17, 15) is 0 Å². The number of hydrogen-bond donors (Lipinski definition) is 2. The van der Waals surface area contributed by atoms with Gasteiger partial charge in [-0.3, -0.25) is 9.88 Å². The first-order valence-corrected chi connectivity index (χ1v) is 6.51. The maximum atomic E-state index is 5.41. The average molecular weight is 264 g/mol. The van der Waals surface area contributed by atoms with Crippen LogP contribution in [0.5, 0.6) is 0 Å². The number of pyridine rings is 1. The highest BCUT2D eigenvalue weighted by Crippen LogP contribution is 2.18. The lowest BCUT2D eigenvalue weighted by molar-refractivity contribution is 0.265. The maximum absolute atomic E-state index is 5.41. The first kappa shape index (κ1) is 12.9. The minimum atomic E-state index is 0.711. The van der Waals surface area contributed by atoms with E-state index in [1.54, 1.807) is 6.20 Å². The third-order valence-electron chi connectivity index (χ3n) is 2.62. The van der Waals surface area contributed by atoms with Gasteiger partial charge in [0.25, 0.3) is 0 Å². The number of hydrazine groups is 1. The van der Waals surface area contributed by atoms with Gasteiger partial charge in [0.05, 0.1) is 5.69 Å². The average Bonchev–Trinajstić information content (AvgIpc) is 2.86. The Morgan fingerprint density at radius 1 is 1.39 bits per heavy atom. The van der Waals surface area contributed by atoms with Gasteiger partial charge in [-0.1, -0.05) is 17.5 Å². The fourth-order valence-electron chi connectivity index (χ4n) is 1.63. The standard InChI is InChI=1S/C11H16N6S/c1-2-17(7-9-5-3-4-6-13-9)8-10-11(14-12)18-16-15-10/h3-6,14H,2,7-8,12H2,1H3. The fraction of sp³-hybridized carbons (Fsp3) is 0.364. The first-order chi connectivity index (χ1) is 8.83. The van der Waals surface area contributed by atoms with Crippen LogP contribution in [0.4, 0.5) is 5.00 Å². The van der Waals surface area contributed by atoms with Gasteiger partial charge in [-0.15, -0.1) is 5.10 Å². The topological polar surface area (TPSA) is 80.0 Å². The van der Waals surface area contributed by atoms with Crippen molar-refractivity contribution < 1.29 is 0 Å². The number of hydrogen-bond acceptors (Lipinski definition) is 7. The zero-order chi connectivity index (χ0) is 12.8. The second-order valence-corrected chi connectivity index (χ2v) is 4.57. The second kappa shape index (κ2) is 6.39. The zero-order valence-electron chi connectivity index (χ0n) is 10.2. The number of nitrogens with zero attached hydrogens (tertiary/aromatic N) is 4. The lowest BCUT2D eigenvalue weighted by Crippen LogP contribution is -2.24. The van der Waals surface area contributed by atoms with Gasteiger partial charge in [0.1, 0.15) is 10.7 Å². The smallest absolute Gasteiger partial charge is 0.148 e. The van der Waals surface area contributed by atoms with E-state index in [-0.39, 0.29) is 0 Å². The highest BCUT2D eigenvalue weighted by molar-refractivity contribution is 7.10. The van der Waals surface area contributed by atoms with Gasteiger partial charge in [0, 0.05) is 30.8 Å². The van der Waals surface area contributed by atoms with E-state index in [1.165, 1.54) is 11.5 Å². The van der Waals surface area contributed by atoms with Crippen molar-refractivity contribution in [3.63, 3.8) is 0 Å². The highest BCUT2D eigenvalue weighted by atomic mass is 32.1. The van der Waals surface area contributed by atoms with Gasteiger partial charge in [-0.05, 0) is 18.7 Å². The highest BCUT2D eigenvalue weighted by Gasteiger charge is 2.12. The van der Waals surface area contributed by atoms with Crippen molar-refractivity contribution in [1.29, 1.82) is 0 Å². The summed E-state index contributed by atoms with van der Waals surface area (Å²) in [5, 5.41) is 4.89. The molecule has 96 valence electrons. The monoisotopic (exact) mass is 264 g/mol. The SMILES string of the molecule is CCN(Cc1ccccn1)Cc1nnsc1NN. The molecule has 0 aliphatic carbocycles. The van der Waals surface area contributed by atoms with E-state index < -0.39 is 0 Å². The lowest BCUT2D eigenvalue weighted by atomic mass is 10.3. The van der Waals surface area contributed by atoms with Crippen molar-refractivity contribution in [1.82, 2.24) is 19.5 Å². The van der Waals surface area contributed by atoms with Crippen molar-refractivity contribution in [3.8, 4) is 0 Å². The summed E-state index contributed by atoms with van der Waals surface area (Å²) < 4.78 is 3.89.